The molecule has 1 saturated heterocycles. The van der Waals surface area contributed by atoms with Gasteiger partial charge < -0.3 is 4.74 Å². The Hall–Kier alpha value is -1.42. The summed E-state index contributed by atoms with van der Waals surface area (Å²) in [6, 6.07) is 6.13. The van der Waals surface area contributed by atoms with E-state index in [4.69, 9.17) is 9.73 Å². The molecular formula is C16H22N2O2. The van der Waals surface area contributed by atoms with Crippen molar-refractivity contribution in [2.24, 2.45) is 4.99 Å². The average molecular weight is 274 g/mol. The van der Waals surface area contributed by atoms with Gasteiger partial charge in [-0.1, -0.05) is 25.3 Å². The lowest BCUT2D eigenvalue weighted by atomic mass is 9.96. The number of carbonyl (C=O) groups is 1. The van der Waals surface area contributed by atoms with E-state index in [0.717, 1.165) is 31.2 Å². The van der Waals surface area contributed by atoms with Crippen LogP contribution in [0, 0.1) is 0 Å². The van der Waals surface area contributed by atoms with Gasteiger partial charge in [-0.25, -0.2) is 0 Å². The molecule has 3 rings (SSSR count). The number of hydrogen-bond acceptors (Lipinski definition) is 3. The Bertz CT molecular complexity index is 523. The molecule has 108 valence electrons. The first-order valence-corrected chi connectivity index (χ1v) is 7.72. The summed E-state index contributed by atoms with van der Waals surface area (Å²) >= 11 is 0. The van der Waals surface area contributed by atoms with E-state index >= 15 is 0 Å². The Morgan fingerprint density at radius 2 is 2.00 bits per heavy atom. The van der Waals surface area contributed by atoms with Gasteiger partial charge in [0.25, 0.3) is 5.91 Å². The number of ether oxygens (including phenoxy) is 1. The highest BCUT2D eigenvalue weighted by Gasteiger charge is 2.25. The number of carbonyl (C=O) groups excluding carboxylic acids is 1. The lowest BCUT2D eigenvalue weighted by Crippen LogP contribution is -2.35. The molecule has 1 aliphatic heterocycles. The van der Waals surface area contributed by atoms with Crippen LogP contribution < -0.4 is 5.49 Å². The van der Waals surface area contributed by atoms with E-state index in [1.54, 1.807) is 4.57 Å². The van der Waals surface area contributed by atoms with Crippen LogP contribution >= 0.6 is 0 Å². The van der Waals surface area contributed by atoms with Crippen LogP contribution in [0.5, 0.6) is 0 Å². The number of hydrogen-bond donors (Lipinski definition) is 0. The van der Waals surface area contributed by atoms with E-state index in [1.807, 2.05) is 24.4 Å². The summed E-state index contributed by atoms with van der Waals surface area (Å²) in [6.07, 6.45) is 9.42. The van der Waals surface area contributed by atoms with Crippen molar-refractivity contribution in [2.75, 3.05) is 6.61 Å². The highest BCUT2D eigenvalue weighted by molar-refractivity contribution is 5.83. The Labute approximate surface area is 119 Å². The van der Waals surface area contributed by atoms with E-state index in [1.165, 1.54) is 19.3 Å². The lowest BCUT2D eigenvalue weighted by molar-refractivity contribution is 0.0548. The molecule has 0 spiro atoms. The monoisotopic (exact) mass is 274 g/mol. The number of rotatable bonds is 2. The summed E-state index contributed by atoms with van der Waals surface area (Å²) in [6.45, 7) is 0.693. The number of aromatic nitrogens is 1. The molecule has 1 saturated carbocycles. The lowest BCUT2D eigenvalue weighted by Gasteiger charge is -2.18. The molecule has 0 bridgehead atoms. The smallest absolute Gasteiger partial charge is 0.261 e. The highest BCUT2D eigenvalue weighted by atomic mass is 16.5. The van der Waals surface area contributed by atoms with Crippen LogP contribution in [0.4, 0.5) is 0 Å². The molecule has 1 aromatic heterocycles. The van der Waals surface area contributed by atoms with Gasteiger partial charge in [0, 0.05) is 12.8 Å². The van der Waals surface area contributed by atoms with E-state index < -0.39 is 0 Å². The molecule has 2 fully saturated rings. The molecule has 1 unspecified atom stereocenters. The first-order chi connectivity index (χ1) is 9.84. The summed E-state index contributed by atoms with van der Waals surface area (Å²) in [5, 5.41) is 0. The van der Waals surface area contributed by atoms with Crippen molar-refractivity contribution in [3.63, 3.8) is 0 Å². The Balaban J connectivity index is 1.87. The number of pyridine rings is 1. The van der Waals surface area contributed by atoms with Gasteiger partial charge in [-0.3, -0.25) is 14.4 Å². The van der Waals surface area contributed by atoms with Crippen molar-refractivity contribution in [1.29, 1.82) is 0 Å². The molecule has 2 aliphatic rings. The van der Waals surface area contributed by atoms with Crippen molar-refractivity contribution in [1.82, 2.24) is 4.57 Å². The van der Waals surface area contributed by atoms with Crippen molar-refractivity contribution < 1.29 is 9.53 Å². The second-order valence-corrected chi connectivity index (χ2v) is 5.69. The summed E-state index contributed by atoms with van der Waals surface area (Å²) in [4.78, 5) is 17.3. The minimum Gasteiger partial charge on any atom is -0.368 e. The summed E-state index contributed by atoms with van der Waals surface area (Å²) in [5.74, 6) is 0.0256. The third-order valence-electron chi connectivity index (χ3n) is 4.17. The largest absolute Gasteiger partial charge is 0.368 e. The number of nitrogens with zero attached hydrogens (tertiary/aromatic N) is 2. The predicted octanol–water partition coefficient (Wildman–Crippen LogP) is 2.54. The molecule has 0 N–H and O–H groups in total. The SMILES string of the molecule is O=C(C1CCCO1)n1ccccc1=NC1CCCCC1. The molecule has 20 heavy (non-hydrogen) atoms. The van der Waals surface area contributed by atoms with Gasteiger partial charge in [0.15, 0.2) is 0 Å². The first kappa shape index (κ1) is 13.6. The van der Waals surface area contributed by atoms with Crippen molar-refractivity contribution in [3.05, 3.63) is 29.9 Å². The van der Waals surface area contributed by atoms with Crippen molar-refractivity contribution in [2.45, 2.75) is 57.1 Å². The maximum absolute atomic E-state index is 12.5. The fourth-order valence-corrected chi connectivity index (χ4v) is 3.05. The fourth-order valence-electron chi connectivity index (χ4n) is 3.05. The van der Waals surface area contributed by atoms with Gasteiger partial charge in [0.05, 0.1) is 6.04 Å². The molecule has 4 nitrogen and oxygen atoms in total. The van der Waals surface area contributed by atoms with Crippen LogP contribution in [0.3, 0.4) is 0 Å². The third-order valence-corrected chi connectivity index (χ3v) is 4.17. The molecule has 4 heteroatoms. The third kappa shape index (κ3) is 3.01. The summed E-state index contributed by atoms with van der Waals surface area (Å²) in [7, 11) is 0. The van der Waals surface area contributed by atoms with E-state index in [-0.39, 0.29) is 12.0 Å². The maximum atomic E-state index is 12.5. The fraction of sp³-hybridized carbons (Fsp3) is 0.625. The van der Waals surface area contributed by atoms with E-state index in [9.17, 15) is 4.79 Å². The van der Waals surface area contributed by atoms with Crippen LogP contribution in [0.25, 0.3) is 0 Å². The summed E-state index contributed by atoms with van der Waals surface area (Å²) in [5.41, 5.74) is 0.778. The van der Waals surface area contributed by atoms with E-state index in [2.05, 4.69) is 0 Å². The first-order valence-electron chi connectivity index (χ1n) is 7.72. The van der Waals surface area contributed by atoms with Gasteiger partial charge in [0.2, 0.25) is 0 Å². The van der Waals surface area contributed by atoms with Crippen LogP contribution in [0.1, 0.15) is 49.7 Å². The second kappa shape index (κ2) is 6.35. The van der Waals surface area contributed by atoms with Crippen LogP contribution in [-0.4, -0.2) is 29.2 Å². The topological polar surface area (TPSA) is 43.6 Å². The molecule has 1 aliphatic carbocycles. The Morgan fingerprint density at radius 3 is 2.75 bits per heavy atom. The van der Waals surface area contributed by atoms with Gasteiger partial charge in [-0.2, -0.15) is 0 Å². The minimum absolute atomic E-state index is 0.0256. The molecular weight excluding hydrogens is 252 g/mol. The highest BCUT2D eigenvalue weighted by Crippen LogP contribution is 2.19. The minimum atomic E-state index is -0.289. The molecule has 0 radical (unpaired) electrons. The van der Waals surface area contributed by atoms with E-state index in [0.29, 0.717) is 12.6 Å². The Kier molecular flexibility index (Phi) is 4.31. The average Bonchev–Trinajstić information content (AvgIpc) is 3.02. The zero-order valence-electron chi connectivity index (χ0n) is 11.8. The molecule has 0 amide bonds. The second-order valence-electron chi connectivity index (χ2n) is 5.69. The van der Waals surface area contributed by atoms with Gasteiger partial charge in [-0.05, 0) is 37.8 Å². The molecule has 1 atom stereocenters. The zero-order chi connectivity index (χ0) is 13.8. The van der Waals surface area contributed by atoms with Gasteiger partial charge in [-0.15, -0.1) is 0 Å². The normalized spacial score (nSPS) is 25.0. The van der Waals surface area contributed by atoms with Crippen LogP contribution in [-0.2, 0) is 4.74 Å². The van der Waals surface area contributed by atoms with Crippen molar-refractivity contribution in [3.8, 4) is 0 Å². The standard InChI is InChI=1S/C16H22N2O2/c19-16(14-9-6-12-20-14)18-11-5-4-10-15(18)17-13-7-2-1-3-8-13/h4-5,10-11,13-14H,1-3,6-9,12H2. The molecule has 2 heterocycles. The van der Waals surface area contributed by atoms with Gasteiger partial charge in [0.1, 0.15) is 11.6 Å². The van der Waals surface area contributed by atoms with Gasteiger partial charge >= 0.3 is 0 Å². The van der Waals surface area contributed by atoms with Crippen LogP contribution in [0.15, 0.2) is 29.4 Å². The molecule has 1 aromatic rings. The quantitative estimate of drug-likeness (QED) is 0.832. The maximum Gasteiger partial charge on any atom is 0.261 e. The van der Waals surface area contributed by atoms with Crippen LogP contribution in [0.2, 0.25) is 0 Å². The molecule has 0 aromatic carbocycles. The van der Waals surface area contributed by atoms with Crippen molar-refractivity contribution >= 4 is 5.91 Å². The Morgan fingerprint density at radius 1 is 1.15 bits per heavy atom. The zero-order valence-corrected chi connectivity index (χ0v) is 11.8. The predicted molar refractivity (Wildman–Crippen MR) is 76.5 cm³/mol. The summed E-state index contributed by atoms with van der Waals surface area (Å²) < 4.78 is 7.17.